The van der Waals surface area contributed by atoms with Crippen LogP contribution in [0.4, 0.5) is 4.79 Å². The zero-order valence-corrected chi connectivity index (χ0v) is 13.1. The van der Waals surface area contributed by atoms with E-state index in [1.54, 1.807) is 0 Å². The molecular weight excluding hydrogens is 264 g/mol. The van der Waals surface area contributed by atoms with E-state index in [4.69, 9.17) is 4.42 Å². The molecule has 0 aliphatic rings. The van der Waals surface area contributed by atoms with E-state index in [0.717, 1.165) is 42.7 Å². The van der Waals surface area contributed by atoms with Crippen LogP contribution < -0.4 is 5.32 Å². The first-order valence-electron chi connectivity index (χ1n) is 7.69. The number of furan rings is 1. The van der Waals surface area contributed by atoms with Crippen molar-refractivity contribution in [2.24, 2.45) is 0 Å². The van der Waals surface area contributed by atoms with Crippen molar-refractivity contribution >= 4 is 17.0 Å². The summed E-state index contributed by atoms with van der Waals surface area (Å²) >= 11 is 0. The summed E-state index contributed by atoms with van der Waals surface area (Å²) in [6.07, 6.45) is 2.11. The van der Waals surface area contributed by atoms with Crippen LogP contribution in [0.15, 0.2) is 34.7 Å². The number of para-hydroxylation sites is 1. The average molecular weight is 288 g/mol. The van der Waals surface area contributed by atoms with Crippen LogP contribution in [0.3, 0.4) is 0 Å². The largest absolute Gasteiger partial charge is 0.459 e. The van der Waals surface area contributed by atoms with Crippen molar-refractivity contribution in [2.75, 3.05) is 13.1 Å². The molecule has 1 N–H and O–H groups in total. The predicted molar refractivity (Wildman–Crippen MR) is 85.3 cm³/mol. The second-order valence-electron chi connectivity index (χ2n) is 5.29. The highest BCUT2D eigenvalue weighted by Crippen LogP contribution is 2.23. The van der Waals surface area contributed by atoms with Gasteiger partial charge >= 0.3 is 6.03 Å². The van der Waals surface area contributed by atoms with Gasteiger partial charge in [-0.3, -0.25) is 0 Å². The molecule has 114 valence electrons. The number of rotatable bonds is 6. The fraction of sp³-hybridized carbons (Fsp3) is 0.471. The summed E-state index contributed by atoms with van der Waals surface area (Å²) in [7, 11) is 0. The number of urea groups is 1. The molecule has 0 saturated carbocycles. The number of carbonyl (C=O) groups excluding carboxylic acids is 1. The van der Waals surface area contributed by atoms with E-state index in [9.17, 15) is 4.79 Å². The van der Waals surface area contributed by atoms with Gasteiger partial charge in [-0.25, -0.2) is 4.79 Å². The fourth-order valence-corrected chi connectivity index (χ4v) is 2.32. The van der Waals surface area contributed by atoms with E-state index in [1.165, 1.54) is 0 Å². The highest BCUT2D eigenvalue weighted by molar-refractivity contribution is 5.78. The minimum atomic E-state index is -0.138. The van der Waals surface area contributed by atoms with Gasteiger partial charge in [0.05, 0.1) is 6.04 Å². The van der Waals surface area contributed by atoms with E-state index in [-0.39, 0.29) is 12.1 Å². The van der Waals surface area contributed by atoms with Gasteiger partial charge in [0.15, 0.2) is 0 Å². The second-order valence-corrected chi connectivity index (χ2v) is 5.29. The Labute approximate surface area is 126 Å². The van der Waals surface area contributed by atoms with Gasteiger partial charge in [0.1, 0.15) is 11.3 Å². The van der Waals surface area contributed by atoms with Crippen molar-refractivity contribution in [2.45, 2.75) is 39.7 Å². The van der Waals surface area contributed by atoms with E-state index < -0.39 is 0 Å². The summed E-state index contributed by atoms with van der Waals surface area (Å²) in [4.78, 5) is 14.1. The van der Waals surface area contributed by atoms with Crippen LogP contribution in [0.2, 0.25) is 0 Å². The van der Waals surface area contributed by atoms with Crippen molar-refractivity contribution in [1.82, 2.24) is 10.2 Å². The van der Waals surface area contributed by atoms with Gasteiger partial charge in [0.25, 0.3) is 0 Å². The maximum absolute atomic E-state index is 12.3. The molecular formula is C17H24N2O2. The smallest absolute Gasteiger partial charge is 0.317 e. The quantitative estimate of drug-likeness (QED) is 0.860. The molecule has 4 nitrogen and oxygen atoms in total. The maximum atomic E-state index is 12.3. The molecule has 1 atom stereocenters. The molecule has 2 aromatic rings. The summed E-state index contributed by atoms with van der Waals surface area (Å²) in [6, 6.07) is 9.70. The lowest BCUT2D eigenvalue weighted by Crippen LogP contribution is -2.41. The number of nitrogens with one attached hydrogen (secondary N) is 1. The molecule has 1 aromatic carbocycles. The summed E-state index contributed by atoms with van der Waals surface area (Å²) in [5, 5.41) is 4.07. The van der Waals surface area contributed by atoms with Gasteiger partial charge in [-0.1, -0.05) is 31.5 Å². The first-order valence-corrected chi connectivity index (χ1v) is 7.69. The number of amides is 2. The lowest BCUT2D eigenvalue weighted by atomic mass is 10.2. The van der Waals surface area contributed by atoms with Gasteiger partial charge in [-0.15, -0.1) is 0 Å². The van der Waals surface area contributed by atoms with Crippen LogP contribution in [-0.4, -0.2) is 24.0 Å². The van der Waals surface area contributed by atoms with Gasteiger partial charge in [0, 0.05) is 18.5 Å². The first kappa shape index (κ1) is 15.4. The van der Waals surface area contributed by atoms with Crippen LogP contribution in [0, 0.1) is 0 Å². The molecule has 2 amide bonds. The van der Waals surface area contributed by atoms with Crippen LogP contribution in [0.1, 0.15) is 45.4 Å². The number of benzene rings is 1. The summed E-state index contributed by atoms with van der Waals surface area (Å²) < 4.78 is 5.79. The van der Waals surface area contributed by atoms with Gasteiger partial charge in [0.2, 0.25) is 0 Å². The van der Waals surface area contributed by atoms with E-state index >= 15 is 0 Å². The predicted octanol–water partition coefficient (Wildman–Crippen LogP) is 4.33. The molecule has 0 aliphatic heterocycles. The number of hydrogen-bond acceptors (Lipinski definition) is 2. The molecule has 0 bridgehead atoms. The molecule has 1 unspecified atom stereocenters. The molecule has 0 spiro atoms. The van der Waals surface area contributed by atoms with Crippen LogP contribution in [0.25, 0.3) is 11.0 Å². The SMILES string of the molecule is CCCCN(CC)C(=O)NC(C)c1cc2ccccc2o1. The Morgan fingerprint density at radius 2 is 2.10 bits per heavy atom. The van der Waals surface area contributed by atoms with Crippen molar-refractivity contribution in [3.8, 4) is 0 Å². The molecule has 0 saturated heterocycles. The summed E-state index contributed by atoms with van der Waals surface area (Å²) in [5.74, 6) is 0.788. The fourth-order valence-electron chi connectivity index (χ4n) is 2.32. The highest BCUT2D eigenvalue weighted by Gasteiger charge is 2.17. The number of unbranched alkanes of at least 4 members (excludes halogenated alkanes) is 1. The zero-order valence-electron chi connectivity index (χ0n) is 13.1. The van der Waals surface area contributed by atoms with E-state index in [1.807, 2.05) is 49.1 Å². The number of carbonyl (C=O) groups is 1. The number of fused-ring (bicyclic) bond motifs is 1. The lowest BCUT2D eigenvalue weighted by Gasteiger charge is -2.23. The van der Waals surface area contributed by atoms with Crippen LogP contribution in [-0.2, 0) is 0 Å². The standard InChI is InChI=1S/C17H24N2O2/c1-4-6-11-19(5-2)17(20)18-13(3)16-12-14-9-7-8-10-15(14)21-16/h7-10,12-13H,4-6,11H2,1-3H3,(H,18,20). The summed E-state index contributed by atoms with van der Waals surface area (Å²) in [6.45, 7) is 7.59. The van der Waals surface area contributed by atoms with Crippen molar-refractivity contribution < 1.29 is 9.21 Å². The minimum Gasteiger partial charge on any atom is -0.459 e. The topological polar surface area (TPSA) is 45.5 Å². The Morgan fingerprint density at radius 3 is 2.76 bits per heavy atom. The molecule has 4 heteroatoms. The molecule has 2 rings (SSSR count). The second kappa shape index (κ2) is 7.16. The van der Waals surface area contributed by atoms with E-state index in [0.29, 0.717) is 0 Å². The van der Waals surface area contributed by atoms with Gasteiger partial charge in [-0.05, 0) is 32.4 Å². The van der Waals surface area contributed by atoms with Crippen molar-refractivity contribution in [1.29, 1.82) is 0 Å². The Morgan fingerprint density at radius 1 is 1.33 bits per heavy atom. The minimum absolute atomic E-state index is 0.0288. The van der Waals surface area contributed by atoms with Crippen LogP contribution in [0.5, 0.6) is 0 Å². The molecule has 1 heterocycles. The molecule has 21 heavy (non-hydrogen) atoms. The monoisotopic (exact) mass is 288 g/mol. The Kier molecular flexibility index (Phi) is 5.26. The number of nitrogens with zero attached hydrogens (tertiary/aromatic N) is 1. The van der Waals surface area contributed by atoms with Crippen molar-refractivity contribution in [3.05, 3.63) is 36.1 Å². The highest BCUT2D eigenvalue weighted by atomic mass is 16.3. The maximum Gasteiger partial charge on any atom is 0.317 e. The first-order chi connectivity index (χ1) is 10.2. The number of hydrogen-bond donors (Lipinski definition) is 1. The van der Waals surface area contributed by atoms with Gasteiger partial charge < -0.3 is 14.6 Å². The average Bonchev–Trinajstić information content (AvgIpc) is 2.92. The molecule has 0 aliphatic carbocycles. The normalized spacial score (nSPS) is 12.3. The zero-order chi connectivity index (χ0) is 15.2. The van der Waals surface area contributed by atoms with Crippen molar-refractivity contribution in [3.63, 3.8) is 0 Å². The van der Waals surface area contributed by atoms with Crippen LogP contribution >= 0.6 is 0 Å². The Balaban J connectivity index is 2.02. The van der Waals surface area contributed by atoms with E-state index in [2.05, 4.69) is 12.2 Å². The third-order valence-corrected chi connectivity index (χ3v) is 3.66. The molecule has 0 fully saturated rings. The Hall–Kier alpha value is -1.97. The summed E-state index contributed by atoms with van der Waals surface area (Å²) in [5.41, 5.74) is 0.854. The third kappa shape index (κ3) is 3.78. The van der Waals surface area contributed by atoms with Gasteiger partial charge in [-0.2, -0.15) is 0 Å². The molecule has 1 aromatic heterocycles. The third-order valence-electron chi connectivity index (χ3n) is 3.66. The Bertz CT molecular complexity index is 558. The molecule has 0 radical (unpaired) electrons. The lowest BCUT2D eigenvalue weighted by molar-refractivity contribution is 0.195.